The average Bonchev–Trinajstić information content (AvgIpc) is 3.20. The van der Waals surface area contributed by atoms with Gasteiger partial charge in [-0.2, -0.15) is 0 Å². The summed E-state index contributed by atoms with van der Waals surface area (Å²) >= 11 is 0. The fourth-order valence-corrected chi connectivity index (χ4v) is 2.85. The lowest BCUT2D eigenvalue weighted by Gasteiger charge is -1.98. The number of nitrogens with zero attached hydrogens (tertiary/aromatic N) is 4. The highest BCUT2D eigenvalue weighted by Gasteiger charge is 2.05. The summed E-state index contributed by atoms with van der Waals surface area (Å²) in [7, 11) is 0. The Morgan fingerprint density at radius 3 is 1.57 bits per heavy atom. The molecular weight excluding hydrogens is 284 g/mol. The molecule has 0 aliphatic rings. The summed E-state index contributed by atoms with van der Waals surface area (Å²) < 4.78 is 9.25. The van der Waals surface area contributed by atoms with Gasteiger partial charge in [0.15, 0.2) is 0 Å². The molecule has 0 fully saturated rings. The van der Waals surface area contributed by atoms with Crippen molar-refractivity contribution < 1.29 is 9.13 Å². The van der Waals surface area contributed by atoms with Gasteiger partial charge in [0.25, 0.3) is 0 Å². The topological polar surface area (TPSA) is 17.6 Å². The Labute approximate surface area is 141 Å². The number of hydrogen-bond donors (Lipinski definition) is 0. The number of aryl methyl sites for hydroxylation is 4. The second-order valence-electron chi connectivity index (χ2n) is 6.55. The van der Waals surface area contributed by atoms with Crippen LogP contribution in [-0.4, -0.2) is 9.13 Å². The molecule has 4 nitrogen and oxygen atoms in total. The summed E-state index contributed by atoms with van der Waals surface area (Å²) in [6.45, 7) is 9.06. The summed E-state index contributed by atoms with van der Waals surface area (Å²) in [5.41, 5.74) is 0. The molecule has 2 aromatic heterocycles. The molecule has 2 aromatic rings. The van der Waals surface area contributed by atoms with Crippen LogP contribution in [0.5, 0.6) is 0 Å². The maximum atomic E-state index is 2.32. The third-order valence-corrected chi connectivity index (χ3v) is 4.36. The lowest BCUT2D eigenvalue weighted by Crippen LogP contribution is -2.32. The number of unbranched alkanes of at least 4 members (excludes halogenated alkanes) is 4. The van der Waals surface area contributed by atoms with Crippen LogP contribution in [0.25, 0.3) is 0 Å². The third-order valence-electron chi connectivity index (χ3n) is 4.36. The van der Waals surface area contributed by atoms with Crippen LogP contribution < -0.4 is 9.13 Å². The lowest BCUT2D eigenvalue weighted by atomic mass is 10.2. The van der Waals surface area contributed by atoms with Gasteiger partial charge in [0, 0.05) is 0 Å². The van der Waals surface area contributed by atoms with Gasteiger partial charge in [-0.3, -0.25) is 0 Å². The first-order valence-electron chi connectivity index (χ1n) is 9.41. The van der Waals surface area contributed by atoms with Gasteiger partial charge in [0.2, 0.25) is 12.7 Å². The Morgan fingerprint density at radius 1 is 0.652 bits per heavy atom. The van der Waals surface area contributed by atoms with Crippen molar-refractivity contribution in [1.29, 1.82) is 0 Å². The quantitative estimate of drug-likeness (QED) is 0.422. The second-order valence-corrected chi connectivity index (χ2v) is 6.55. The van der Waals surface area contributed by atoms with E-state index in [1.807, 2.05) is 0 Å². The molecule has 128 valence electrons. The van der Waals surface area contributed by atoms with E-state index < -0.39 is 0 Å². The van der Waals surface area contributed by atoms with Gasteiger partial charge in [0.05, 0.1) is 26.2 Å². The van der Waals surface area contributed by atoms with Crippen LogP contribution in [-0.2, 0) is 26.2 Å². The smallest absolute Gasteiger partial charge is 0.237 e. The second kappa shape index (κ2) is 10.2. The fourth-order valence-electron chi connectivity index (χ4n) is 2.85. The van der Waals surface area contributed by atoms with E-state index in [4.69, 9.17) is 0 Å². The Balaban J connectivity index is 1.58. The summed E-state index contributed by atoms with van der Waals surface area (Å²) in [5.74, 6) is 0. The minimum Gasteiger partial charge on any atom is -0.237 e. The number of rotatable bonds is 12. The fraction of sp³-hybridized carbons (Fsp3) is 0.684. The molecule has 0 aromatic carbocycles. The Bertz CT molecular complexity index is 493. The normalized spacial score (nSPS) is 11.2. The summed E-state index contributed by atoms with van der Waals surface area (Å²) in [4.78, 5) is 0. The highest BCUT2D eigenvalue weighted by molar-refractivity contribution is 4.66. The highest BCUT2D eigenvalue weighted by atomic mass is 15.1. The van der Waals surface area contributed by atoms with E-state index in [-0.39, 0.29) is 0 Å². The molecule has 0 unspecified atom stereocenters. The Morgan fingerprint density at radius 2 is 1.13 bits per heavy atom. The molecule has 0 atom stereocenters. The van der Waals surface area contributed by atoms with Crippen LogP contribution in [0.1, 0.15) is 58.8 Å². The van der Waals surface area contributed by atoms with Gasteiger partial charge in [0.1, 0.15) is 24.8 Å². The first-order chi connectivity index (χ1) is 11.3. The summed E-state index contributed by atoms with van der Waals surface area (Å²) in [5, 5.41) is 0. The first-order valence-corrected chi connectivity index (χ1v) is 9.41. The van der Waals surface area contributed by atoms with Crippen LogP contribution in [0.3, 0.4) is 0 Å². The molecule has 4 heteroatoms. The third kappa shape index (κ3) is 6.59. The minimum atomic E-state index is 1.14. The van der Waals surface area contributed by atoms with E-state index in [1.165, 1.54) is 44.9 Å². The maximum absolute atomic E-state index is 2.32. The predicted octanol–water partition coefficient (Wildman–Crippen LogP) is 3.34. The van der Waals surface area contributed by atoms with Gasteiger partial charge in [-0.15, -0.1) is 0 Å². The number of hydrogen-bond acceptors (Lipinski definition) is 0. The predicted molar refractivity (Wildman–Crippen MR) is 92.9 cm³/mol. The average molecular weight is 319 g/mol. The van der Waals surface area contributed by atoms with E-state index in [0.29, 0.717) is 0 Å². The summed E-state index contributed by atoms with van der Waals surface area (Å²) in [6, 6.07) is 0. The molecule has 0 amide bonds. The van der Waals surface area contributed by atoms with Crippen LogP contribution in [0.4, 0.5) is 0 Å². The van der Waals surface area contributed by atoms with Crippen molar-refractivity contribution in [2.24, 2.45) is 0 Å². The minimum absolute atomic E-state index is 1.14. The number of imidazole rings is 2. The molecule has 2 rings (SSSR count). The van der Waals surface area contributed by atoms with Gasteiger partial charge >= 0.3 is 0 Å². The highest BCUT2D eigenvalue weighted by Crippen LogP contribution is 1.98. The lowest BCUT2D eigenvalue weighted by molar-refractivity contribution is -0.700. The van der Waals surface area contributed by atoms with Crippen LogP contribution in [0, 0.1) is 0 Å². The van der Waals surface area contributed by atoms with Crippen LogP contribution >= 0.6 is 0 Å². The van der Waals surface area contributed by atoms with Crippen molar-refractivity contribution in [1.82, 2.24) is 9.13 Å². The van der Waals surface area contributed by atoms with Gasteiger partial charge in [-0.25, -0.2) is 18.3 Å². The van der Waals surface area contributed by atoms with E-state index in [1.54, 1.807) is 0 Å². The molecule has 0 radical (unpaired) electrons. The number of aromatic nitrogens is 4. The molecule has 0 spiro atoms. The maximum Gasteiger partial charge on any atom is 0.243 e. The van der Waals surface area contributed by atoms with E-state index >= 15 is 0 Å². The molecule has 23 heavy (non-hydrogen) atoms. The molecule has 0 aliphatic heterocycles. The molecule has 0 N–H and O–H groups in total. The van der Waals surface area contributed by atoms with E-state index in [9.17, 15) is 0 Å². The molecule has 0 bridgehead atoms. The van der Waals surface area contributed by atoms with E-state index in [0.717, 1.165) is 26.2 Å². The van der Waals surface area contributed by atoms with Crippen molar-refractivity contribution >= 4 is 0 Å². The monoisotopic (exact) mass is 318 g/mol. The van der Waals surface area contributed by atoms with Crippen molar-refractivity contribution in [3.63, 3.8) is 0 Å². The molecule has 2 heterocycles. The molecule has 0 saturated carbocycles. The standard InChI is InChI=1S/C19H34N4/c1-3-5-10-20-14-16-22(18-20)12-8-7-9-13-23-17-15-21(19-23)11-6-4-2/h14-19H,3-13H2,1-2H3/q+2. The van der Waals surface area contributed by atoms with Crippen molar-refractivity contribution in [2.45, 2.75) is 85.0 Å². The zero-order valence-electron chi connectivity index (χ0n) is 15.0. The van der Waals surface area contributed by atoms with Crippen molar-refractivity contribution in [2.75, 3.05) is 0 Å². The van der Waals surface area contributed by atoms with Crippen LogP contribution in [0.15, 0.2) is 37.4 Å². The zero-order valence-corrected chi connectivity index (χ0v) is 15.0. The van der Waals surface area contributed by atoms with Crippen LogP contribution in [0.2, 0.25) is 0 Å². The van der Waals surface area contributed by atoms with Crippen molar-refractivity contribution in [3.8, 4) is 0 Å². The van der Waals surface area contributed by atoms with Gasteiger partial charge in [-0.1, -0.05) is 26.7 Å². The summed E-state index contributed by atoms with van der Waals surface area (Å²) in [6.07, 6.45) is 22.2. The largest absolute Gasteiger partial charge is 0.243 e. The van der Waals surface area contributed by atoms with E-state index in [2.05, 4.69) is 69.6 Å². The Hall–Kier alpha value is -1.58. The first kappa shape index (κ1) is 17.8. The van der Waals surface area contributed by atoms with Crippen molar-refractivity contribution in [3.05, 3.63) is 37.4 Å². The molecular formula is C19H34N4+2. The molecule has 0 saturated heterocycles. The molecule has 0 aliphatic carbocycles. The SMILES string of the molecule is CCCCn1cc[n+](CCCCC[n+]2ccn(CCCC)c2)c1. The Kier molecular flexibility index (Phi) is 7.91. The zero-order chi connectivity index (χ0) is 16.3. The van der Waals surface area contributed by atoms with Gasteiger partial charge < -0.3 is 0 Å². The van der Waals surface area contributed by atoms with Gasteiger partial charge in [-0.05, 0) is 32.1 Å².